The number of halogens is 1. The fraction of sp³-hybridized carbons (Fsp3) is 0.381. The van der Waals surface area contributed by atoms with Crippen molar-refractivity contribution in [3.63, 3.8) is 0 Å². The number of carbonyl (C=O) groups excluding carboxylic acids is 2. The van der Waals surface area contributed by atoms with Crippen LogP contribution in [0.5, 0.6) is 0 Å². The average molecular weight is 446 g/mol. The summed E-state index contributed by atoms with van der Waals surface area (Å²) in [5, 5.41) is 11.3. The van der Waals surface area contributed by atoms with E-state index in [9.17, 15) is 14.0 Å². The lowest BCUT2D eigenvalue weighted by atomic mass is 9.96. The Morgan fingerprint density at radius 2 is 1.97 bits per heavy atom. The summed E-state index contributed by atoms with van der Waals surface area (Å²) in [4.78, 5) is 31.9. The Kier molecular flexibility index (Phi) is 6.79. The average Bonchev–Trinajstić information content (AvgIpc) is 3.31. The van der Waals surface area contributed by atoms with Crippen LogP contribution in [0, 0.1) is 5.82 Å². The van der Waals surface area contributed by atoms with Crippen molar-refractivity contribution in [1.29, 1.82) is 0 Å². The maximum Gasteiger partial charge on any atom is 0.226 e. The number of thiazole rings is 1. The third-order valence-corrected chi connectivity index (χ3v) is 5.01. The van der Waals surface area contributed by atoms with E-state index in [0.717, 1.165) is 0 Å². The van der Waals surface area contributed by atoms with Crippen LogP contribution in [0.15, 0.2) is 28.1 Å². The Hall–Kier alpha value is -3.14. The van der Waals surface area contributed by atoms with E-state index in [2.05, 4.69) is 25.8 Å². The summed E-state index contributed by atoms with van der Waals surface area (Å²) in [6.45, 7) is 7.36. The summed E-state index contributed by atoms with van der Waals surface area (Å²) in [6.07, 6.45) is 1.32. The van der Waals surface area contributed by atoms with Gasteiger partial charge in [0.15, 0.2) is 11.0 Å². The number of amides is 2. The second-order valence-electron chi connectivity index (χ2n) is 8.08. The van der Waals surface area contributed by atoms with Crippen molar-refractivity contribution in [2.75, 3.05) is 10.6 Å². The highest BCUT2D eigenvalue weighted by atomic mass is 32.1. The van der Waals surface area contributed by atoms with Gasteiger partial charge in [-0.15, -0.1) is 11.3 Å². The molecule has 0 saturated heterocycles. The highest BCUT2D eigenvalue weighted by Gasteiger charge is 2.21. The molecule has 0 aliphatic rings. The van der Waals surface area contributed by atoms with E-state index in [-0.39, 0.29) is 29.2 Å². The van der Waals surface area contributed by atoms with Crippen LogP contribution < -0.4 is 10.6 Å². The first-order valence-electron chi connectivity index (χ1n) is 9.78. The third kappa shape index (κ3) is 6.17. The van der Waals surface area contributed by atoms with E-state index in [1.165, 1.54) is 30.4 Å². The van der Waals surface area contributed by atoms with Crippen molar-refractivity contribution >= 4 is 34.0 Å². The van der Waals surface area contributed by atoms with Crippen molar-refractivity contribution in [1.82, 2.24) is 15.1 Å². The molecule has 0 bridgehead atoms. The maximum atomic E-state index is 14.4. The van der Waals surface area contributed by atoms with E-state index in [1.807, 2.05) is 20.8 Å². The fourth-order valence-electron chi connectivity index (χ4n) is 2.70. The second kappa shape index (κ2) is 9.34. The van der Waals surface area contributed by atoms with Gasteiger partial charge in [0.1, 0.15) is 5.82 Å². The van der Waals surface area contributed by atoms with Crippen molar-refractivity contribution in [3.8, 4) is 11.3 Å². The molecule has 2 N–H and O–H groups in total. The van der Waals surface area contributed by atoms with Crippen LogP contribution >= 0.6 is 11.3 Å². The van der Waals surface area contributed by atoms with Gasteiger partial charge < -0.3 is 15.2 Å². The van der Waals surface area contributed by atoms with Gasteiger partial charge in [0.05, 0.1) is 5.69 Å². The Morgan fingerprint density at radius 3 is 2.61 bits per heavy atom. The van der Waals surface area contributed by atoms with Crippen molar-refractivity contribution in [2.24, 2.45) is 0 Å². The standard InChI is InChI=1S/C21H24FN5O3S/c1-12(28)23-13-8-9-14(15(22)10-13)16-11-31-20(24-16)25-17(29)6-5-7-18-26-19(27-30-18)21(2,3)4/h8-11H,5-7H2,1-4H3,(H,23,28)(H,24,25,29). The molecule has 0 aliphatic carbocycles. The minimum absolute atomic E-state index is 0.189. The number of aromatic nitrogens is 3. The number of hydrogen-bond donors (Lipinski definition) is 2. The molecule has 2 amide bonds. The zero-order valence-electron chi connectivity index (χ0n) is 17.8. The van der Waals surface area contributed by atoms with E-state index < -0.39 is 5.82 Å². The second-order valence-corrected chi connectivity index (χ2v) is 8.94. The van der Waals surface area contributed by atoms with Crippen molar-refractivity contribution in [2.45, 2.75) is 52.4 Å². The van der Waals surface area contributed by atoms with Crippen LogP contribution in [0.4, 0.5) is 15.2 Å². The SMILES string of the molecule is CC(=O)Nc1ccc(-c2csc(NC(=O)CCCc3nc(C(C)(C)C)no3)n2)c(F)c1. The van der Waals surface area contributed by atoms with Gasteiger partial charge in [0.25, 0.3) is 0 Å². The predicted molar refractivity (Wildman–Crippen MR) is 116 cm³/mol. The normalized spacial score (nSPS) is 11.4. The van der Waals surface area contributed by atoms with Gasteiger partial charge in [-0.25, -0.2) is 9.37 Å². The molecule has 0 aliphatic heterocycles. The number of nitrogens with one attached hydrogen (secondary N) is 2. The topological polar surface area (TPSA) is 110 Å². The lowest BCUT2D eigenvalue weighted by Gasteiger charge is -2.10. The zero-order chi connectivity index (χ0) is 22.6. The molecule has 3 aromatic rings. The molecule has 10 heteroatoms. The van der Waals surface area contributed by atoms with Crippen molar-refractivity contribution < 1.29 is 18.5 Å². The largest absolute Gasteiger partial charge is 0.339 e. The minimum Gasteiger partial charge on any atom is -0.339 e. The predicted octanol–water partition coefficient (Wildman–Crippen LogP) is 4.55. The first-order valence-corrected chi connectivity index (χ1v) is 10.7. The Bertz CT molecular complexity index is 1090. The monoisotopic (exact) mass is 445 g/mol. The van der Waals surface area contributed by atoms with E-state index in [0.29, 0.717) is 41.1 Å². The van der Waals surface area contributed by atoms with Gasteiger partial charge in [-0.2, -0.15) is 4.98 Å². The third-order valence-electron chi connectivity index (χ3n) is 4.25. The van der Waals surface area contributed by atoms with Crippen LogP contribution in [0.3, 0.4) is 0 Å². The molecule has 0 saturated carbocycles. The molecule has 8 nitrogen and oxygen atoms in total. The molecule has 0 unspecified atom stereocenters. The zero-order valence-corrected chi connectivity index (χ0v) is 18.6. The first-order chi connectivity index (χ1) is 14.6. The number of aryl methyl sites for hydroxylation is 1. The fourth-order valence-corrected chi connectivity index (χ4v) is 3.43. The molecule has 2 heterocycles. The molecule has 0 atom stereocenters. The Labute approximate surface area is 183 Å². The number of anilines is 2. The van der Waals surface area contributed by atoms with Crippen LogP contribution in [-0.4, -0.2) is 26.9 Å². The molecule has 0 radical (unpaired) electrons. The van der Waals surface area contributed by atoms with Crippen LogP contribution in [0.1, 0.15) is 52.3 Å². The highest BCUT2D eigenvalue weighted by Crippen LogP contribution is 2.29. The smallest absolute Gasteiger partial charge is 0.226 e. The summed E-state index contributed by atoms with van der Waals surface area (Å²) in [5.41, 5.74) is 0.879. The van der Waals surface area contributed by atoms with Crippen LogP contribution in [-0.2, 0) is 21.4 Å². The lowest BCUT2D eigenvalue weighted by Crippen LogP contribution is -2.13. The maximum absolute atomic E-state index is 14.4. The molecule has 0 spiro atoms. The van der Waals surface area contributed by atoms with Gasteiger partial charge in [0, 0.05) is 41.8 Å². The minimum atomic E-state index is -0.511. The first kappa shape index (κ1) is 22.5. The van der Waals surface area contributed by atoms with Gasteiger partial charge in [-0.05, 0) is 24.6 Å². The number of hydrogen-bond acceptors (Lipinski definition) is 7. The molecule has 3 rings (SSSR count). The lowest BCUT2D eigenvalue weighted by molar-refractivity contribution is -0.116. The number of rotatable bonds is 7. The number of benzene rings is 1. The molecular formula is C21H24FN5O3S. The highest BCUT2D eigenvalue weighted by molar-refractivity contribution is 7.14. The van der Waals surface area contributed by atoms with E-state index in [1.54, 1.807) is 11.4 Å². The van der Waals surface area contributed by atoms with Gasteiger partial charge in [0.2, 0.25) is 17.7 Å². The molecule has 2 aromatic heterocycles. The summed E-state index contributed by atoms with van der Waals surface area (Å²) in [5.74, 6) is 0.160. The van der Waals surface area contributed by atoms with Crippen LogP contribution in [0.25, 0.3) is 11.3 Å². The number of carbonyl (C=O) groups is 2. The molecule has 31 heavy (non-hydrogen) atoms. The van der Waals surface area contributed by atoms with Crippen molar-refractivity contribution in [3.05, 3.63) is 41.1 Å². The molecule has 0 fully saturated rings. The van der Waals surface area contributed by atoms with E-state index in [4.69, 9.17) is 4.52 Å². The molecule has 164 valence electrons. The Balaban J connectivity index is 1.53. The summed E-state index contributed by atoms with van der Waals surface area (Å²) in [7, 11) is 0. The number of nitrogens with zero attached hydrogens (tertiary/aromatic N) is 3. The van der Waals surface area contributed by atoms with Crippen LogP contribution in [0.2, 0.25) is 0 Å². The van der Waals surface area contributed by atoms with Gasteiger partial charge in [-0.1, -0.05) is 25.9 Å². The van der Waals surface area contributed by atoms with E-state index >= 15 is 0 Å². The van der Waals surface area contributed by atoms with Gasteiger partial charge >= 0.3 is 0 Å². The summed E-state index contributed by atoms with van der Waals surface area (Å²) < 4.78 is 19.6. The Morgan fingerprint density at radius 1 is 1.19 bits per heavy atom. The summed E-state index contributed by atoms with van der Waals surface area (Å²) >= 11 is 1.21. The molecular weight excluding hydrogens is 421 g/mol. The quantitative estimate of drug-likeness (QED) is 0.552. The molecule has 1 aromatic carbocycles. The van der Waals surface area contributed by atoms with Gasteiger partial charge in [-0.3, -0.25) is 9.59 Å². The summed E-state index contributed by atoms with van der Waals surface area (Å²) in [6, 6.07) is 4.37.